The van der Waals surface area contributed by atoms with E-state index in [0.717, 1.165) is 5.56 Å². The Balaban J connectivity index is 2.04. The van der Waals surface area contributed by atoms with E-state index in [-0.39, 0.29) is 17.6 Å². The SMILES string of the molecule is CC(CCc1ccccc1F)C(=O)NC(c1ccccc1)C(C)C(=O)O. The molecule has 0 aliphatic rings. The number of rotatable bonds is 8. The average Bonchev–Trinajstić information content (AvgIpc) is 2.65. The number of hydrogen-bond acceptors (Lipinski definition) is 2. The molecule has 1 amide bonds. The molecule has 0 saturated heterocycles. The standard InChI is InChI=1S/C21H24FNO3/c1-14(12-13-16-8-6-7-11-18(16)22)20(24)23-19(15(2)21(25)26)17-9-4-3-5-10-17/h3-11,14-15,19H,12-13H2,1-2H3,(H,23,24)(H,25,26). The molecule has 2 aromatic rings. The number of benzene rings is 2. The first-order valence-corrected chi connectivity index (χ1v) is 8.71. The maximum Gasteiger partial charge on any atom is 0.308 e. The van der Waals surface area contributed by atoms with E-state index < -0.39 is 17.9 Å². The van der Waals surface area contributed by atoms with Crippen molar-refractivity contribution in [3.8, 4) is 0 Å². The van der Waals surface area contributed by atoms with E-state index in [0.29, 0.717) is 18.4 Å². The van der Waals surface area contributed by atoms with Crippen molar-refractivity contribution in [2.75, 3.05) is 0 Å². The summed E-state index contributed by atoms with van der Waals surface area (Å²) < 4.78 is 13.7. The highest BCUT2D eigenvalue weighted by atomic mass is 19.1. The molecular weight excluding hydrogens is 333 g/mol. The summed E-state index contributed by atoms with van der Waals surface area (Å²) in [5, 5.41) is 12.2. The Morgan fingerprint density at radius 1 is 1.04 bits per heavy atom. The molecular formula is C21H24FNO3. The van der Waals surface area contributed by atoms with Gasteiger partial charge in [-0.3, -0.25) is 9.59 Å². The number of carboxylic acid groups (broad SMARTS) is 1. The van der Waals surface area contributed by atoms with Crippen LogP contribution in [0.2, 0.25) is 0 Å². The predicted molar refractivity (Wildman–Crippen MR) is 98.0 cm³/mol. The quantitative estimate of drug-likeness (QED) is 0.751. The van der Waals surface area contributed by atoms with Crippen molar-refractivity contribution in [2.24, 2.45) is 11.8 Å². The smallest absolute Gasteiger partial charge is 0.308 e. The van der Waals surface area contributed by atoms with Crippen molar-refractivity contribution in [1.82, 2.24) is 5.32 Å². The van der Waals surface area contributed by atoms with Crippen molar-refractivity contribution in [3.05, 3.63) is 71.5 Å². The van der Waals surface area contributed by atoms with Crippen LogP contribution in [0.15, 0.2) is 54.6 Å². The largest absolute Gasteiger partial charge is 0.481 e. The lowest BCUT2D eigenvalue weighted by molar-refractivity contribution is -0.142. The highest BCUT2D eigenvalue weighted by molar-refractivity contribution is 5.80. The summed E-state index contributed by atoms with van der Waals surface area (Å²) >= 11 is 0. The van der Waals surface area contributed by atoms with Gasteiger partial charge in [-0.15, -0.1) is 0 Å². The van der Waals surface area contributed by atoms with Crippen LogP contribution < -0.4 is 5.32 Å². The minimum atomic E-state index is -0.974. The van der Waals surface area contributed by atoms with Gasteiger partial charge in [-0.05, 0) is 37.0 Å². The Morgan fingerprint density at radius 2 is 1.65 bits per heavy atom. The van der Waals surface area contributed by atoms with Gasteiger partial charge in [-0.25, -0.2) is 4.39 Å². The van der Waals surface area contributed by atoms with E-state index >= 15 is 0 Å². The van der Waals surface area contributed by atoms with Crippen molar-refractivity contribution in [2.45, 2.75) is 32.7 Å². The number of carbonyl (C=O) groups excluding carboxylic acids is 1. The second-order valence-electron chi connectivity index (χ2n) is 6.55. The number of hydrogen-bond donors (Lipinski definition) is 2. The molecule has 0 aliphatic heterocycles. The maximum atomic E-state index is 13.7. The number of halogens is 1. The highest BCUT2D eigenvalue weighted by Crippen LogP contribution is 2.23. The van der Waals surface area contributed by atoms with E-state index in [9.17, 15) is 19.1 Å². The Morgan fingerprint density at radius 3 is 2.27 bits per heavy atom. The predicted octanol–water partition coefficient (Wildman–Crippen LogP) is 3.97. The molecule has 4 nitrogen and oxygen atoms in total. The molecule has 0 radical (unpaired) electrons. The Kier molecular flexibility index (Phi) is 6.89. The first-order valence-electron chi connectivity index (χ1n) is 8.71. The average molecular weight is 357 g/mol. The Hall–Kier alpha value is -2.69. The summed E-state index contributed by atoms with van der Waals surface area (Å²) in [7, 11) is 0. The summed E-state index contributed by atoms with van der Waals surface area (Å²) in [6, 6.07) is 15.0. The summed E-state index contributed by atoms with van der Waals surface area (Å²) in [4.78, 5) is 24.0. The topological polar surface area (TPSA) is 66.4 Å². The van der Waals surface area contributed by atoms with Gasteiger partial charge in [0.25, 0.3) is 0 Å². The van der Waals surface area contributed by atoms with Gasteiger partial charge in [-0.1, -0.05) is 55.5 Å². The lowest BCUT2D eigenvalue weighted by Crippen LogP contribution is -2.38. The Labute approximate surface area is 153 Å². The minimum absolute atomic E-state index is 0.233. The summed E-state index contributed by atoms with van der Waals surface area (Å²) in [6.07, 6.45) is 0.932. The number of nitrogens with one attached hydrogen (secondary N) is 1. The lowest BCUT2D eigenvalue weighted by atomic mass is 9.93. The molecule has 0 saturated carbocycles. The fraction of sp³-hybridized carbons (Fsp3) is 0.333. The van der Waals surface area contributed by atoms with E-state index in [1.165, 1.54) is 6.07 Å². The maximum absolute atomic E-state index is 13.7. The molecule has 3 unspecified atom stereocenters. The van der Waals surface area contributed by atoms with Gasteiger partial charge in [0.2, 0.25) is 5.91 Å². The molecule has 0 aliphatic carbocycles. The second kappa shape index (κ2) is 9.13. The first-order chi connectivity index (χ1) is 12.4. The van der Waals surface area contributed by atoms with Crippen LogP contribution in [0.4, 0.5) is 4.39 Å². The lowest BCUT2D eigenvalue weighted by Gasteiger charge is -2.24. The molecule has 138 valence electrons. The van der Waals surface area contributed by atoms with Gasteiger partial charge < -0.3 is 10.4 Å². The van der Waals surface area contributed by atoms with Crippen LogP contribution in [0.1, 0.15) is 37.4 Å². The number of carbonyl (C=O) groups is 2. The number of aryl methyl sites for hydroxylation is 1. The molecule has 5 heteroatoms. The molecule has 0 aromatic heterocycles. The summed E-state index contributed by atoms with van der Waals surface area (Å²) in [6.45, 7) is 3.34. The number of aliphatic carboxylic acids is 1. The molecule has 2 aromatic carbocycles. The fourth-order valence-corrected chi connectivity index (χ4v) is 2.80. The Bertz CT molecular complexity index is 748. The zero-order chi connectivity index (χ0) is 19.1. The zero-order valence-corrected chi connectivity index (χ0v) is 15.0. The van der Waals surface area contributed by atoms with E-state index in [1.54, 1.807) is 44.2 Å². The monoisotopic (exact) mass is 357 g/mol. The van der Waals surface area contributed by atoms with Crippen molar-refractivity contribution < 1.29 is 19.1 Å². The minimum Gasteiger partial charge on any atom is -0.481 e. The van der Waals surface area contributed by atoms with Crippen LogP contribution in [-0.2, 0) is 16.0 Å². The molecule has 26 heavy (non-hydrogen) atoms. The third-order valence-corrected chi connectivity index (χ3v) is 4.60. The molecule has 2 rings (SSSR count). The normalized spacial score (nSPS) is 14.3. The van der Waals surface area contributed by atoms with Gasteiger partial charge in [0.15, 0.2) is 0 Å². The van der Waals surface area contributed by atoms with Gasteiger partial charge in [0.1, 0.15) is 5.82 Å². The molecule has 0 spiro atoms. The summed E-state index contributed by atoms with van der Waals surface area (Å²) in [5.41, 5.74) is 1.32. The number of carboxylic acids is 1. The molecule has 0 heterocycles. The van der Waals surface area contributed by atoms with Crippen molar-refractivity contribution in [1.29, 1.82) is 0 Å². The van der Waals surface area contributed by atoms with Crippen LogP contribution in [0.5, 0.6) is 0 Å². The van der Waals surface area contributed by atoms with Gasteiger partial charge in [-0.2, -0.15) is 0 Å². The zero-order valence-electron chi connectivity index (χ0n) is 15.0. The third kappa shape index (κ3) is 5.15. The van der Waals surface area contributed by atoms with Crippen LogP contribution in [0.3, 0.4) is 0 Å². The second-order valence-corrected chi connectivity index (χ2v) is 6.55. The van der Waals surface area contributed by atoms with Crippen LogP contribution in [-0.4, -0.2) is 17.0 Å². The molecule has 0 fully saturated rings. The van der Waals surface area contributed by atoms with E-state index in [1.807, 2.05) is 18.2 Å². The van der Waals surface area contributed by atoms with Crippen molar-refractivity contribution in [3.63, 3.8) is 0 Å². The number of amides is 1. The molecule has 0 bridgehead atoms. The third-order valence-electron chi connectivity index (χ3n) is 4.60. The first kappa shape index (κ1) is 19.6. The fourth-order valence-electron chi connectivity index (χ4n) is 2.80. The molecule has 3 atom stereocenters. The summed E-state index contributed by atoms with van der Waals surface area (Å²) in [5.74, 6) is -2.61. The van der Waals surface area contributed by atoms with Crippen molar-refractivity contribution >= 4 is 11.9 Å². The highest BCUT2D eigenvalue weighted by Gasteiger charge is 2.28. The van der Waals surface area contributed by atoms with Gasteiger partial charge in [0, 0.05) is 5.92 Å². The van der Waals surface area contributed by atoms with E-state index in [2.05, 4.69) is 5.32 Å². The van der Waals surface area contributed by atoms with Gasteiger partial charge >= 0.3 is 5.97 Å². The van der Waals surface area contributed by atoms with Crippen LogP contribution in [0.25, 0.3) is 0 Å². The van der Waals surface area contributed by atoms with Crippen LogP contribution in [0, 0.1) is 17.7 Å². The van der Waals surface area contributed by atoms with Gasteiger partial charge in [0.05, 0.1) is 12.0 Å². The van der Waals surface area contributed by atoms with Crippen LogP contribution >= 0.6 is 0 Å². The van der Waals surface area contributed by atoms with E-state index in [4.69, 9.17) is 0 Å². The molecule has 2 N–H and O–H groups in total.